The van der Waals surface area contributed by atoms with Gasteiger partial charge >= 0.3 is 0 Å². The van der Waals surface area contributed by atoms with E-state index >= 15 is 0 Å². The van der Waals surface area contributed by atoms with Gasteiger partial charge in [0.1, 0.15) is 17.5 Å². The first-order chi connectivity index (χ1) is 11.6. The second kappa shape index (κ2) is 8.49. The second-order valence-corrected chi connectivity index (χ2v) is 5.32. The van der Waals surface area contributed by atoms with Gasteiger partial charge in [0.15, 0.2) is 0 Å². The monoisotopic (exact) mass is 323 g/mol. The van der Waals surface area contributed by atoms with Gasteiger partial charge in [-0.15, -0.1) is 0 Å². The number of nitriles is 1. The van der Waals surface area contributed by atoms with Crippen LogP contribution in [0.2, 0.25) is 0 Å². The minimum absolute atomic E-state index is 0.0384. The molecule has 2 N–H and O–H groups in total. The van der Waals surface area contributed by atoms with Crippen molar-refractivity contribution in [3.05, 3.63) is 77.2 Å². The molecule has 0 aliphatic rings. The first kappa shape index (κ1) is 17.2. The number of hydrogen-bond donors (Lipinski definition) is 2. The van der Waals surface area contributed by atoms with E-state index in [4.69, 9.17) is 5.26 Å². The quantitative estimate of drug-likeness (QED) is 0.487. The van der Waals surface area contributed by atoms with Crippen molar-refractivity contribution in [2.75, 3.05) is 11.9 Å². The van der Waals surface area contributed by atoms with E-state index in [1.807, 2.05) is 31.2 Å². The molecule has 1 amide bonds. The molecule has 0 fully saturated rings. The fraction of sp³-hybridized carbons (Fsp3) is 0.158. The molecule has 0 aliphatic heterocycles. The van der Waals surface area contributed by atoms with Gasteiger partial charge in [-0.25, -0.2) is 4.39 Å². The number of carbonyl (C=O) groups excluding carboxylic acids is 1. The average Bonchev–Trinajstić information content (AvgIpc) is 2.57. The number of nitrogens with one attached hydrogen (secondary N) is 2. The molecule has 0 bridgehead atoms. The summed E-state index contributed by atoms with van der Waals surface area (Å²) in [5.74, 6) is -0.922. The lowest BCUT2D eigenvalue weighted by Gasteiger charge is -2.06. The third kappa shape index (κ3) is 5.25. The van der Waals surface area contributed by atoms with Gasteiger partial charge in [0.05, 0.1) is 0 Å². The van der Waals surface area contributed by atoms with Gasteiger partial charge in [0, 0.05) is 18.4 Å². The molecular formula is C19H18FN3O. The van der Waals surface area contributed by atoms with E-state index in [-0.39, 0.29) is 11.4 Å². The number of carbonyl (C=O) groups is 1. The summed E-state index contributed by atoms with van der Waals surface area (Å²) < 4.78 is 12.8. The summed E-state index contributed by atoms with van der Waals surface area (Å²) in [6.07, 6.45) is 2.19. The zero-order chi connectivity index (χ0) is 17.4. The third-order valence-electron chi connectivity index (χ3n) is 3.35. The molecular weight excluding hydrogens is 305 g/mol. The Kier molecular flexibility index (Phi) is 6.09. The fourth-order valence-electron chi connectivity index (χ4n) is 2.14. The molecule has 0 saturated carbocycles. The topological polar surface area (TPSA) is 64.9 Å². The van der Waals surface area contributed by atoms with E-state index in [1.165, 1.54) is 41.6 Å². The highest BCUT2D eigenvalue weighted by molar-refractivity contribution is 6.06. The Hall–Kier alpha value is -3.13. The van der Waals surface area contributed by atoms with Crippen LogP contribution in [0.1, 0.15) is 11.1 Å². The minimum atomic E-state index is -0.535. The van der Waals surface area contributed by atoms with Crippen LogP contribution in [0.4, 0.5) is 10.1 Å². The molecule has 0 atom stereocenters. The predicted octanol–water partition coefficient (Wildman–Crippen LogP) is 3.31. The van der Waals surface area contributed by atoms with E-state index in [2.05, 4.69) is 16.7 Å². The van der Waals surface area contributed by atoms with Gasteiger partial charge in [0.2, 0.25) is 0 Å². The lowest BCUT2D eigenvalue weighted by molar-refractivity contribution is -0.112. The van der Waals surface area contributed by atoms with Crippen LogP contribution in [-0.4, -0.2) is 12.5 Å². The molecule has 0 heterocycles. The van der Waals surface area contributed by atoms with Crippen molar-refractivity contribution in [2.24, 2.45) is 0 Å². The van der Waals surface area contributed by atoms with Gasteiger partial charge < -0.3 is 10.6 Å². The van der Waals surface area contributed by atoms with Crippen LogP contribution in [0.5, 0.6) is 0 Å². The average molecular weight is 323 g/mol. The normalized spacial score (nSPS) is 10.8. The predicted molar refractivity (Wildman–Crippen MR) is 91.6 cm³/mol. The Balaban J connectivity index is 1.87. The number of hydrogen-bond acceptors (Lipinski definition) is 3. The number of nitrogens with zero attached hydrogens (tertiary/aromatic N) is 1. The lowest BCUT2D eigenvalue weighted by atomic mass is 10.1. The Labute approximate surface area is 140 Å². The summed E-state index contributed by atoms with van der Waals surface area (Å²) in [7, 11) is 0. The molecule has 0 aromatic heterocycles. The summed E-state index contributed by atoms with van der Waals surface area (Å²) in [5.41, 5.74) is 2.77. The molecule has 0 spiro atoms. The summed E-state index contributed by atoms with van der Waals surface area (Å²) in [6.45, 7) is 2.64. The third-order valence-corrected chi connectivity index (χ3v) is 3.35. The summed E-state index contributed by atoms with van der Waals surface area (Å²) in [4.78, 5) is 12.0. The van der Waals surface area contributed by atoms with E-state index in [9.17, 15) is 9.18 Å². The molecule has 0 radical (unpaired) electrons. The highest BCUT2D eigenvalue weighted by Gasteiger charge is 2.09. The fourth-order valence-corrected chi connectivity index (χ4v) is 2.14. The first-order valence-corrected chi connectivity index (χ1v) is 7.54. The number of anilines is 1. The van der Waals surface area contributed by atoms with Crippen LogP contribution in [0, 0.1) is 24.1 Å². The number of rotatable bonds is 6. The molecule has 24 heavy (non-hydrogen) atoms. The molecule has 4 nitrogen and oxygen atoms in total. The number of amides is 1. The van der Waals surface area contributed by atoms with Crippen LogP contribution in [-0.2, 0) is 11.2 Å². The van der Waals surface area contributed by atoms with Crippen LogP contribution in [0.3, 0.4) is 0 Å². The minimum Gasteiger partial charge on any atom is -0.389 e. The molecule has 122 valence electrons. The number of aryl methyl sites for hydroxylation is 1. The Bertz CT molecular complexity index is 776. The first-order valence-electron chi connectivity index (χ1n) is 7.54. The van der Waals surface area contributed by atoms with Crippen molar-refractivity contribution in [3.63, 3.8) is 0 Å². The molecule has 2 aromatic rings. The maximum Gasteiger partial charge on any atom is 0.267 e. The molecule has 0 unspecified atom stereocenters. The standard InChI is InChI=1S/C19H18FN3O/c1-14-3-2-4-15(11-14)9-10-22-13-16(12-21)19(24)23-18-7-5-17(20)6-8-18/h2-8,11,13,22H,9-10H2,1H3,(H,23,24)/b16-13-. The van der Waals surface area contributed by atoms with Crippen molar-refractivity contribution < 1.29 is 9.18 Å². The highest BCUT2D eigenvalue weighted by atomic mass is 19.1. The van der Waals surface area contributed by atoms with E-state index in [0.29, 0.717) is 12.2 Å². The van der Waals surface area contributed by atoms with Gasteiger partial charge in [-0.3, -0.25) is 4.79 Å². The second-order valence-electron chi connectivity index (χ2n) is 5.32. The summed E-state index contributed by atoms with van der Waals surface area (Å²) >= 11 is 0. The summed E-state index contributed by atoms with van der Waals surface area (Å²) in [5, 5.41) is 14.6. The largest absolute Gasteiger partial charge is 0.389 e. The van der Waals surface area contributed by atoms with Gasteiger partial charge in [0.25, 0.3) is 5.91 Å². The maximum atomic E-state index is 12.8. The van der Waals surface area contributed by atoms with Gasteiger partial charge in [-0.2, -0.15) is 5.26 Å². The van der Waals surface area contributed by atoms with E-state index in [0.717, 1.165) is 6.42 Å². The van der Waals surface area contributed by atoms with Crippen molar-refractivity contribution >= 4 is 11.6 Å². The summed E-state index contributed by atoms with van der Waals surface area (Å²) in [6, 6.07) is 15.4. The lowest BCUT2D eigenvalue weighted by Crippen LogP contribution is -2.18. The molecule has 2 rings (SSSR count). The van der Waals surface area contributed by atoms with Crippen molar-refractivity contribution in [2.45, 2.75) is 13.3 Å². The SMILES string of the molecule is Cc1cccc(CCN/C=C(/C#N)C(=O)Nc2ccc(F)cc2)c1. The zero-order valence-electron chi connectivity index (χ0n) is 13.3. The molecule has 0 saturated heterocycles. The van der Waals surface area contributed by atoms with Gasteiger partial charge in [-0.1, -0.05) is 29.8 Å². The van der Waals surface area contributed by atoms with Crippen LogP contribution >= 0.6 is 0 Å². The highest BCUT2D eigenvalue weighted by Crippen LogP contribution is 2.09. The molecule has 2 aromatic carbocycles. The number of halogens is 1. The van der Waals surface area contributed by atoms with E-state index in [1.54, 1.807) is 0 Å². The zero-order valence-corrected chi connectivity index (χ0v) is 13.3. The Morgan fingerprint density at radius 3 is 2.67 bits per heavy atom. The van der Waals surface area contributed by atoms with Crippen molar-refractivity contribution in [1.29, 1.82) is 5.26 Å². The van der Waals surface area contributed by atoms with Crippen LogP contribution in [0.15, 0.2) is 60.3 Å². The van der Waals surface area contributed by atoms with Crippen LogP contribution in [0.25, 0.3) is 0 Å². The van der Waals surface area contributed by atoms with Crippen LogP contribution < -0.4 is 10.6 Å². The van der Waals surface area contributed by atoms with E-state index < -0.39 is 5.91 Å². The Morgan fingerprint density at radius 2 is 2.00 bits per heavy atom. The Morgan fingerprint density at radius 1 is 1.25 bits per heavy atom. The smallest absolute Gasteiger partial charge is 0.267 e. The molecule has 0 aliphatic carbocycles. The number of benzene rings is 2. The van der Waals surface area contributed by atoms with Crippen molar-refractivity contribution in [3.8, 4) is 6.07 Å². The van der Waals surface area contributed by atoms with Gasteiger partial charge in [-0.05, 0) is 43.2 Å². The maximum absolute atomic E-state index is 12.8. The van der Waals surface area contributed by atoms with Crippen molar-refractivity contribution in [1.82, 2.24) is 5.32 Å². The molecule has 5 heteroatoms.